The highest BCUT2D eigenvalue weighted by molar-refractivity contribution is 5.48. The molecule has 1 aromatic carbocycles. The lowest BCUT2D eigenvalue weighted by Gasteiger charge is -2.35. The molecule has 1 N–H and O–H groups in total. The van der Waals surface area contributed by atoms with E-state index in [0.29, 0.717) is 6.42 Å². The lowest BCUT2D eigenvalue weighted by Crippen LogP contribution is -2.26. The van der Waals surface area contributed by atoms with Gasteiger partial charge in [0.05, 0.1) is 7.11 Å². The summed E-state index contributed by atoms with van der Waals surface area (Å²) in [6, 6.07) is 4.39. The molecule has 0 saturated carbocycles. The van der Waals surface area contributed by atoms with Gasteiger partial charge in [-0.15, -0.1) is 0 Å². The van der Waals surface area contributed by atoms with E-state index in [2.05, 4.69) is 53.7 Å². The zero-order valence-corrected chi connectivity index (χ0v) is 14.8. The molecule has 1 aromatic rings. The Hall–Kier alpha value is -1.02. The molecule has 21 heavy (non-hydrogen) atoms. The van der Waals surface area contributed by atoms with E-state index in [-0.39, 0.29) is 17.4 Å². The maximum atomic E-state index is 9.26. The Morgan fingerprint density at radius 1 is 1.10 bits per heavy atom. The average molecular weight is 292 g/mol. The first-order valence-corrected chi connectivity index (χ1v) is 7.95. The zero-order chi connectivity index (χ0) is 16.3. The van der Waals surface area contributed by atoms with Gasteiger partial charge in [0.2, 0.25) is 0 Å². The van der Waals surface area contributed by atoms with Gasteiger partial charge < -0.3 is 9.84 Å². The molecule has 0 aliphatic heterocycles. The van der Waals surface area contributed by atoms with Crippen LogP contribution in [-0.4, -0.2) is 18.8 Å². The van der Waals surface area contributed by atoms with Crippen molar-refractivity contribution in [2.45, 2.75) is 66.2 Å². The van der Waals surface area contributed by atoms with Crippen LogP contribution in [0.3, 0.4) is 0 Å². The summed E-state index contributed by atoms with van der Waals surface area (Å²) >= 11 is 0. The number of rotatable bonds is 6. The molecule has 0 aromatic heterocycles. The molecule has 0 radical (unpaired) electrons. The summed E-state index contributed by atoms with van der Waals surface area (Å²) in [5, 5.41) is 9.26. The summed E-state index contributed by atoms with van der Waals surface area (Å²) < 4.78 is 5.74. The molecule has 0 aliphatic rings. The smallest absolute Gasteiger partial charge is 0.125 e. The molecular formula is C19H32O2. The highest BCUT2D eigenvalue weighted by Gasteiger charge is 2.31. The second-order valence-electron chi connectivity index (χ2n) is 7.78. The quantitative estimate of drug-likeness (QED) is 0.836. The molecule has 1 rings (SSSR count). The molecule has 0 bridgehead atoms. The minimum Gasteiger partial charge on any atom is -0.496 e. The lowest BCUT2D eigenvalue weighted by atomic mass is 9.71. The van der Waals surface area contributed by atoms with Crippen molar-refractivity contribution in [3.8, 4) is 5.75 Å². The SMILES string of the molecule is CCc1cc(CCO)cc(C(C)(C)CC(C)(C)C)c1OC. The summed E-state index contributed by atoms with van der Waals surface area (Å²) in [5.41, 5.74) is 4.00. The number of aliphatic hydroxyl groups excluding tert-OH is 1. The number of hydrogen-bond acceptors (Lipinski definition) is 2. The molecule has 0 atom stereocenters. The topological polar surface area (TPSA) is 29.5 Å². The number of ether oxygens (including phenoxy) is 1. The molecule has 2 nitrogen and oxygen atoms in total. The fourth-order valence-electron chi connectivity index (χ4n) is 3.46. The van der Waals surface area contributed by atoms with Crippen LogP contribution in [-0.2, 0) is 18.3 Å². The van der Waals surface area contributed by atoms with Crippen molar-refractivity contribution >= 4 is 0 Å². The summed E-state index contributed by atoms with van der Waals surface area (Å²) in [6.07, 6.45) is 2.73. The summed E-state index contributed by atoms with van der Waals surface area (Å²) in [7, 11) is 1.76. The Morgan fingerprint density at radius 2 is 1.71 bits per heavy atom. The lowest BCUT2D eigenvalue weighted by molar-refractivity contribution is 0.275. The van der Waals surface area contributed by atoms with Gasteiger partial charge in [0.1, 0.15) is 5.75 Å². The molecule has 2 heteroatoms. The predicted molar refractivity (Wildman–Crippen MR) is 90.3 cm³/mol. The molecule has 0 heterocycles. The van der Waals surface area contributed by atoms with Crippen LogP contribution in [0.1, 0.15) is 64.7 Å². The van der Waals surface area contributed by atoms with Gasteiger partial charge in [-0.25, -0.2) is 0 Å². The van der Waals surface area contributed by atoms with Crippen molar-refractivity contribution in [3.05, 3.63) is 28.8 Å². The molecule has 0 amide bonds. The minimum absolute atomic E-state index is 0.0407. The second kappa shape index (κ2) is 6.83. The normalized spacial score (nSPS) is 12.6. The zero-order valence-electron chi connectivity index (χ0n) is 14.8. The Labute approximate surface area is 130 Å². The Bertz CT molecular complexity index is 467. The maximum Gasteiger partial charge on any atom is 0.125 e. The van der Waals surface area contributed by atoms with E-state index >= 15 is 0 Å². The molecule has 0 fully saturated rings. The van der Waals surface area contributed by atoms with E-state index in [4.69, 9.17) is 4.74 Å². The summed E-state index contributed by atoms with van der Waals surface area (Å²) in [6.45, 7) is 13.8. The molecule has 0 unspecified atom stereocenters. The van der Waals surface area contributed by atoms with Gasteiger partial charge in [-0.3, -0.25) is 0 Å². The van der Waals surface area contributed by atoms with Crippen molar-refractivity contribution < 1.29 is 9.84 Å². The van der Waals surface area contributed by atoms with Crippen LogP contribution in [0.25, 0.3) is 0 Å². The fourth-order valence-corrected chi connectivity index (χ4v) is 3.46. The standard InChI is InChI=1S/C19H32O2/c1-8-15-11-14(9-10-20)12-16(17(15)21-7)19(5,6)13-18(2,3)4/h11-12,20H,8-10,13H2,1-7H3. The first kappa shape index (κ1) is 18.0. The van der Waals surface area contributed by atoms with Gasteiger partial charge in [0.15, 0.2) is 0 Å². The van der Waals surface area contributed by atoms with Crippen LogP contribution >= 0.6 is 0 Å². The van der Waals surface area contributed by atoms with E-state index in [0.717, 1.165) is 18.6 Å². The van der Waals surface area contributed by atoms with Gasteiger partial charge >= 0.3 is 0 Å². The van der Waals surface area contributed by atoms with Crippen molar-refractivity contribution in [2.75, 3.05) is 13.7 Å². The van der Waals surface area contributed by atoms with Crippen molar-refractivity contribution in [1.82, 2.24) is 0 Å². The molecule has 0 aliphatic carbocycles. The van der Waals surface area contributed by atoms with Crippen molar-refractivity contribution in [1.29, 1.82) is 0 Å². The minimum atomic E-state index is 0.0407. The number of aryl methyl sites for hydroxylation is 1. The van der Waals surface area contributed by atoms with Crippen LogP contribution in [0.4, 0.5) is 0 Å². The summed E-state index contributed by atoms with van der Waals surface area (Å²) in [4.78, 5) is 0. The van der Waals surface area contributed by atoms with Gasteiger partial charge in [-0.1, -0.05) is 53.7 Å². The predicted octanol–water partition coefficient (Wildman–Crippen LogP) is 4.51. The van der Waals surface area contributed by atoms with E-state index in [9.17, 15) is 5.11 Å². The van der Waals surface area contributed by atoms with Crippen molar-refractivity contribution in [3.63, 3.8) is 0 Å². The van der Waals surface area contributed by atoms with E-state index in [1.807, 2.05) is 0 Å². The number of aliphatic hydroxyl groups is 1. The van der Waals surface area contributed by atoms with Crippen LogP contribution in [0.2, 0.25) is 0 Å². The molecular weight excluding hydrogens is 260 g/mol. The Kier molecular flexibility index (Phi) is 5.86. The van der Waals surface area contributed by atoms with Crippen LogP contribution in [0.15, 0.2) is 12.1 Å². The molecule has 0 saturated heterocycles. The van der Waals surface area contributed by atoms with Crippen LogP contribution in [0.5, 0.6) is 5.75 Å². The first-order chi connectivity index (χ1) is 9.64. The third kappa shape index (κ3) is 4.74. The van der Waals surface area contributed by atoms with Gasteiger partial charge in [0, 0.05) is 12.2 Å². The molecule has 120 valence electrons. The number of hydrogen-bond donors (Lipinski definition) is 1. The summed E-state index contributed by atoms with van der Waals surface area (Å²) in [5.74, 6) is 1.02. The Balaban J connectivity index is 3.40. The molecule has 0 spiro atoms. The van der Waals surface area contributed by atoms with Gasteiger partial charge in [0.25, 0.3) is 0 Å². The van der Waals surface area contributed by atoms with Crippen LogP contribution < -0.4 is 4.74 Å². The van der Waals surface area contributed by atoms with E-state index in [1.165, 1.54) is 16.7 Å². The third-order valence-electron chi connectivity index (χ3n) is 3.91. The largest absolute Gasteiger partial charge is 0.496 e. The van der Waals surface area contributed by atoms with Gasteiger partial charge in [-0.05, 0) is 41.2 Å². The maximum absolute atomic E-state index is 9.26. The Morgan fingerprint density at radius 3 is 2.14 bits per heavy atom. The third-order valence-corrected chi connectivity index (χ3v) is 3.91. The number of methoxy groups -OCH3 is 1. The van der Waals surface area contributed by atoms with E-state index in [1.54, 1.807) is 7.11 Å². The second-order valence-corrected chi connectivity index (χ2v) is 7.78. The average Bonchev–Trinajstić information content (AvgIpc) is 2.35. The van der Waals surface area contributed by atoms with E-state index < -0.39 is 0 Å². The number of benzene rings is 1. The highest BCUT2D eigenvalue weighted by atomic mass is 16.5. The monoisotopic (exact) mass is 292 g/mol. The van der Waals surface area contributed by atoms with Crippen LogP contribution in [0, 0.1) is 5.41 Å². The first-order valence-electron chi connectivity index (χ1n) is 7.95. The fraction of sp³-hybridized carbons (Fsp3) is 0.684. The van der Waals surface area contributed by atoms with Crippen molar-refractivity contribution in [2.24, 2.45) is 5.41 Å². The highest BCUT2D eigenvalue weighted by Crippen LogP contribution is 2.42. The van der Waals surface area contributed by atoms with Gasteiger partial charge in [-0.2, -0.15) is 0 Å².